The molecule has 2 aromatic heterocycles. The molecule has 0 saturated heterocycles. The van der Waals surface area contributed by atoms with Gasteiger partial charge in [-0.25, -0.2) is 9.78 Å². The number of methoxy groups -OCH3 is 1. The number of nitrogens with one attached hydrogen (secondary N) is 1. The molecule has 8 heteroatoms. The lowest BCUT2D eigenvalue weighted by molar-refractivity contribution is 0.0605. The van der Waals surface area contributed by atoms with Crippen LogP contribution in [0.25, 0.3) is 0 Å². The standard InChI is InChI=1S/C11H14N4O3S/c1-6-9(10(16)17-3)19-11(13-6)12-5-4-8-14-7(2)15-18-8/h4-5H2,1-3H3,(H,12,13). The first-order valence-electron chi connectivity index (χ1n) is 5.69. The normalized spacial score (nSPS) is 10.5. The fraction of sp³-hybridized carbons (Fsp3) is 0.455. The van der Waals surface area contributed by atoms with E-state index >= 15 is 0 Å². The predicted octanol–water partition coefficient (Wildman–Crippen LogP) is 1.58. The molecule has 1 N–H and O–H groups in total. The number of thiazole rings is 1. The van der Waals surface area contributed by atoms with Crippen molar-refractivity contribution in [2.24, 2.45) is 0 Å². The van der Waals surface area contributed by atoms with Gasteiger partial charge in [-0.2, -0.15) is 4.98 Å². The third-order valence-electron chi connectivity index (χ3n) is 2.35. The van der Waals surface area contributed by atoms with Crippen molar-refractivity contribution in [1.82, 2.24) is 15.1 Å². The van der Waals surface area contributed by atoms with Crippen LogP contribution in [-0.2, 0) is 11.2 Å². The number of aryl methyl sites for hydroxylation is 2. The summed E-state index contributed by atoms with van der Waals surface area (Å²) in [6.07, 6.45) is 0.604. The van der Waals surface area contributed by atoms with Crippen molar-refractivity contribution < 1.29 is 14.1 Å². The summed E-state index contributed by atoms with van der Waals surface area (Å²) >= 11 is 1.27. The molecule has 19 heavy (non-hydrogen) atoms. The lowest BCUT2D eigenvalue weighted by Crippen LogP contribution is -2.04. The largest absolute Gasteiger partial charge is 0.465 e. The van der Waals surface area contributed by atoms with Crippen molar-refractivity contribution in [2.75, 3.05) is 19.0 Å². The van der Waals surface area contributed by atoms with Gasteiger partial charge in [0.2, 0.25) is 5.89 Å². The summed E-state index contributed by atoms with van der Waals surface area (Å²) in [5, 5.41) is 7.50. The van der Waals surface area contributed by atoms with Crippen LogP contribution >= 0.6 is 11.3 Å². The predicted molar refractivity (Wildman–Crippen MR) is 69.4 cm³/mol. The minimum atomic E-state index is -0.365. The molecule has 0 spiro atoms. The van der Waals surface area contributed by atoms with Crippen molar-refractivity contribution in [1.29, 1.82) is 0 Å². The number of hydrogen-bond acceptors (Lipinski definition) is 8. The highest BCUT2D eigenvalue weighted by molar-refractivity contribution is 7.17. The Labute approximate surface area is 114 Å². The number of aromatic nitrogens is 3. The number of hydrogen-bond donors (Lipinski definition) is 1. The Morgan fingerprint density at radius 2 is 2.21 bits per heavy atom. The Hall–Kier alpha value is -1.96. The van der Waals surface area contributed by atoms with E-state index in [0.717, 1.165) is 0 Å². The summed E-state index contributed by atoms with van der Waals surface area (Å²) in [7, 11) is 1.35. The second-order valence-electron chi connectivity index (χ2n) is 3.84. The second-order valence-corrected chi connectivity index (χ2v) is 4.84. The molecule has 0 aliphatic carbocycles. The minimum Gasteiger partial charge on any atom is -0.465 e. The highest BCUT2D eigenvalue weighted by Crippen LogP contribution is 2.23. The average molecular weight is 282 g/mol. The van der Waals surface area contributed by atoms with Gasteiger partial charge in [0.1, 0.15) is 4.88 Å². The van der Waals surface area contributed by atoms with E-state index in [1.54, 1.807) is 13.8 Å². The van der Waals surface area contributed by atoms with Gasteiger partial charge in [0.05, 0.1) is 12.8 Å². The van der Waals surface area contributed by atoms with E-state index in [1.165, 1.54) is 18.4 Å². The molecule has 7 nitrogen and oxygen atoms in total. The number of esters is 1. The number of anilines is 1. The van der Waals surface area contributed by atoms with Crippen LogP contribution in [0.5, 0.6) is 0 Å². The fourth-order valence-corrected chi connectivity index (χ4v) is 2.38. The molecule has 0 radical (unpaired) electrons. The smallest absolute Gasteiger partial charge is 0.350 e. The molecule has 0 fully saturated rings. The van der Waals surface area contributed by atoms with Gasteiger partial charge in [0, 0.05) is 13.0 Å². The van der Waals surface area contributed by atoms with Crippen molar-refractivity contribution in [3.8, 4) is 0 Å². The van der Waals surface area contributed by atoms with Crippen LogP contribution in [0.15, 0.2) is 4.52 Å². The Morgan fingerprint density at radius 1 is 1.42 bits per heavy atom. The van der Waals surface area contributed by atoms with Gasteiger partial charge in [0.25, 0.3) is 0 Å². The van der Waals surface area contributed by atoms with Gasteiger partial charge in [-0.05, 0) is 13.8 Å². The number of ether oxygens (including phenoxy) is 1. The Balaban J connectivity index is 1.91. The fourth-order valence-electron chi connectivity index (χ4n) is 1.47. The molecule has 0 aliphatic heterocycles. The summed E-state index contributed by atoms with van der Waals surface area (Å²) in [6.45, 7) is 4.15. The first-order valence-corrected chi connectivity index (χ1v) is 6.50. The van der Waals surface area contributed by atoms with Crippen LogP contribution in [0.1, 0.15) is 27.1 Å². The Bertz CT molecular complexity index is 578. The first-order chi connectivity index (χ1) is 9.10. The number of rotatable bonds is 5. The summed E-state index contributed by atoms with van der Waals surface area (Å²) in [5.74, 6) is 0.829. The zero-order valence-electron chi connectivity index (χ0n) is 10.9. The van der Waals surface area contributed by atoms with Gasteiger partial charge >= 0.3 is 5.97 Å². The van der Waals surface area contributed by atoms with Crippen LogP contribution < -0.4 is 5.32 Å². The molecule has 2 aromatic rings. The van der Waals surface area contributed by atoms with Crippen LogP contribution in [0.4, 0.5) is 5.13 Å². The molecule has 0 aromatic carbocycles. The van der Waals surface area contributed by atoms with E-state index in [1.807, 2.05) is 0 Å². The molecule has 2 heterocycles. The lowest BCUT2D eigenvalue weighted by atomic mass is 10.4. The molecule has 102 valence electrons. The summed E-state index contributed by atoms with van der Waals surface area (Å²) in [5.41, 5.74) is 0.660. The molecule has 0 bridgehead atoms. The zero-order chi connectivity index (χ0) is 13.8. The third-order valence-corrected chi connectivity index (χ3v) is 3.45. The average Bonchev–Trinajstić information content (AvgIpc) is 2.95. The van der Waals surface area contributed by atoms with Gasteiger partial charge in [0.15, 0.2) is 11.0 Å². The molecule has 0 saturated carbocycles. The second kappa shape index (κ2) is 5.79. The highest BCUT2D eigenvalue weighted by atomic mass is 32.1. The molecular weight excluding hydrogens is 268 g/mol. The molecular formula is C11H14N4O3S. The van der Waals surface area contributed by atoms with Gasteiger partial charge < -0.3 is 14.6 Å². The number of carbonyl (C=O) groups is 1. The Morgan fingerprint density at radius 3 is 2.84 bits per heavy atom. The Kier molecular flexibility index (Phi) is 4.10. The summed E-state index contributed by atoms with van der Waals surface area (Å²) in [6, 6.07) is 0. The maximum Gasteiger partial charge on any atom is 0.350 e. The van der Waals surface area contributed by atoms with Gasteiger partial charge in [-0.3, -0.25) is 0 Å². The molecule has 0 atom stereocenters. The van der Waals surface area contributed by atoms with Crippen molar-refractivity contribution >= 4 is 22.4 Å². The quantitative estimate of drug-likeness (QED) is 0.832. The molecule has 0 amide bonds. The van der Waals surface area contributed by atoms with E-state index in [0.29, 0.717) is 40.4 Å². The van der Waals surface area contributed by atoms with Crippen molar-refractivity contribution in [3.63, 3.8) is 0 Å². The molecule has 0 aliphatic rings. The summed E-state index contributed by atoms with van der Waals surface area (Å²) < 4.78 is 9.67. The number of carbonyl (C=O) groups excluding carboxylic acids is 1. The van der Waals surface area contributed by atoms with Crippen molar-refractivity contribution in [2.45, 2.75) is 20.3 Å². The molecule has 0 unspecified atom stereocenters. The van der Waals surface area contributed by atoms with E-state index in [2.05, 4.69) is 25.2 Å². The van der Waals surface area contributed by atoms with E-state index in [9.17, 15) is 4.79 Å². The first kappa shape index (κ1) is 13.5. The minimum absolute atomic E-state index is 0.365. The zero-order valence-corrected chi connectivity index (χ0v) is 11.7. The van der Waals surface area contributed by atoms with Gasteiger partial charge in [-0.15, -0.1) is 0 Å². The monoisotopic (exact) mass is 282 g/mol. The van der Waals surface area contributed by atoms with Crippen LogP contribution in [0.2, 0.25) is 0 Å². The maximum atomic E-state index is 11.4. The van der Waals surface area contributed by atoms with Crippen molar-refractivity contribution in [3.05, 3.63) is 22.3 Å². The lowest BCUT2D eigenvalue weighted by Gasteiger charge is -1.98. The molecule has 2 rings (SSSR count). The topological polar surface area (TPSA) is 90.1 Å². The maximum absolute atomic E-state index is 11.4. The highest BCUT2D eigenvalue weighted by Gasteiger charge is 2.15. The summed E-state index contributed by atoms with van der Waals surface area (Å²) in [4.78, 5) is 20.3. The van der Waals surface area contributed by atoms with E-state index in [4.69, 9.17) is 4.52 Å². The van der Waals surface area contributed by atoms with E-state index in [-0.39, 0.29) is 5.97 Å². The van der Waals surface area contributed by atoms with Crippen LogP contribution in [0, 0.1) is 13.8 Å². The number of nitrogens with zero attached hydrogens (tertiary/aromatic N) is 3. The van der Waals surface area contributed by atoms with Gasteiger partial charge in [-0.1, -0.05) is 16.5 Å². The SMILES string of the molecule is COC(=O)c1sc(NCCc2nc(C)no2)nc1C. The van der Waals surface area contributed by atoms with E-state index < -0.39 is 0 Å². The van der Waals surface area contributed by atoms with Crippen LogP contribution in [-0.4, -0.2) is 34.7 Å². The van der Waals surface area contributed by atoms with Crippen LogP contribution in [0.3, 0.4) is 0 Å². The third kappa shape index (κ3) is 3.28.